The SMILES string of the molecule is CCOC(=O)C[C@H]1CC=C[C@H]2C[C@@H]1C([Si](C)(C)C)=C2[Si](C)(C)C. The molecule has 4 heteroatoms. The standard InChI is InChI=1S/C19H34O2Si2/c1-8-21-17(20)13-14-10-9-11-15-12-16(14)19(23(5,6)7)18(15)22(2,3)4/h9,11,14-16H,8,10,12-13H2,1-7H3/t14-,15+,16+/m1/s1. The number of allylic oxidation sites excluding steroid dienone is 4. The van der Waals surface area contributed by atoms with Crippen LogP contribution in [0.4, 0.5) is 0 Å². The Labute approximate surface area is 144 Å². The van der Waals surface area contributed by atoms with Gasteiger partial charge in [-0.25, -0.2) is 0 Å². The minimum absolute atomic E-state index is 0.0132. The van der Waals surface area contributed by atoms with Gasteiger partial charge in [0.15, 0.2) is 0 Å². The number of esters is 1. The van der Waals surface area contributed by atoms with Gasteiger partial charge in [-0.2, -0.15) is 0 Å². The van der Waals surface area contributed by atoms with Crippen molar-refractivity contribution in [3.63, 3.8) is 0 Å². The Morgan fingerprint density at radius 1 is 1.13 bits per heavy atom. The zero-order valence-corrected chi connectivity index (χ0v) is 18.0. The average molecular weight is 351 g/mol. The highest BCUT2D eigenvalue weighted by atomic mass is 28.3. The molecule has 0 amide bonds. The molecule has 0 radical (unpaired) electrons. The van der Waals surface area contributed by atoms with Crippen LogP contribution in [-0.4, -0.2) is 28.7 Å². The van der Waals surface area contributed by atoms with Gasteiger partial charge in [-0.1, -0.05) is 61.8 Å². The highest BCUT2D eigenvalue weighted by Crippen LogP contribution is 2.51. The molecular weight excluding hydrogens is 316 g/mol. The Balaban J connectivity index is 2.42. The number of rotatable bonds is 5. The van der Waals surface area contributed by atoms with Crippen molar-refractivity contribution < 1.29 is 9.53 Å². The number of ether oxygens (including phenoxy) is 1. The second-order valence-electron chi connectivity index (χ2n) is 9.21. The molecule has 0 aromatic rings. The molecule has 0 aromatic heterocycles. The van der Waals surface area contributed by atoms with Crippen molar-refractivity contribution in [1.29, 1.82) is 0 Å². The van der Waals surface area contributed by atoms with E-state index in [0.29, 0.717) is 30.8 Å². The van der Waals surface area contributed by atoms with Gasteiger partial charge in [0.1, 0.15) is 0 Å². The van der Waals surface area contributed by atoms with Crippen molar-refractivity contribution in [2.75, 3.05) is 6.61 Å². The molecule has 3 atom stereocenters. The molecule has 0 N–H and O–H groups in total. The minimum Gasteiger partial charge on any atom is -0.466 e. The summed E-state index contributed by atoms with van der Waals surface area (Å²) in [5.74, 6) is 1.67. The van der Waals surface area contributed by atoms with Gasteiger partial charge < -0.3 is 4.74 Å². The van der Waals surface area contributed by atoms with Crippen LogP contribution in [0.3, 0.4) is 0 Å². The fraction of sp³-hybridized carbons (Fsp3) is 0.737. The minimum atomic E-state index is -1.39. The van der Waals surface area contributed by atoms with Crippen molar-refractivity contribution in [2.45, 2.75) is 65.5 Å². The predicted octanol–water partition coefficient (Wildman–Crippen LogP) is 5.20. The lowest BCUT2D eigenvalue weighted by Crippen LogP contribution is -2.36. The van der Waals surface area contributed by atoms with Crippen LogP contribution < -0.4 is 0 Å². The van der Waals surface area contributed by atoms with E-state index in [9.17, 15) is 4.79 Å². The van der Waals surface area contributed by atoms with Gasteiger partial charge in [-0.15, -0.1) is 0 Å². The fourth-order valence-corrected chi connectivity index (χ4v) is 11.7. The number of carbonyl (C=O) groups is 1. The maximum Gasteiger partial charge on any atom is 0.306 e. The van der Waals surface area contributed by atoms with E-state index < -0.39 is 16.1 Å². The molecule has 0 saturated carbocycles. The number of carbonyl (C=O) groups excluding carboxylic acids is 1. The van der Waals surface area contributed by atoms with Crippen LogP contribution in [0.1, 0.15) is 26.2 Å². The zero-order chi connectivity index (χ0) is 17.4. The highest BCUT2D eigenvalue weighted by Gasteiger charge is 2.46. The first kappa shape index (κ1) is 18.7. The van der Waals surface area contributed by atoms with Crippen molar-refractivity contribution >= 4 is 22.1 Å². The van der Waals surface area contributed by atoms with Crippen LogP contribution in [0.2, 0.25) is 39.3 Å². The lowest BCUT2D eigenvalue weighted by atomic mass is 9.86. The van der Waals surface area contributed by atoms with Crippen molar-refractivity contribution in [1.82, 2.24) is 0 Å². The third kappa shape index (κ3) is 4.08. The molecule has 2 nitrogen and oxygen atoms in total. The van der Waals surface area contributed by atoms with E-state index >= 15 is 0 Å². The summed E-state index contributed by atoms with van der Waals surface area (Å²) in [6.07, 6.45) is 7.66. The zero-order valence-electron chi connectivity index (χ0n) is 16.0. The number of hydrogen-bond acceptors (Lipinski definition) is 2. The van der Waals surface area contributed by atoms with Gasteiger partial charge >= 0.3 is 5.97 Å². The number of hydrogen-bond donors (Lipinski definition) is 0. The van der Waals surface area contributed by atoms with Gasteiger partial charge in [0.05, 0.1) is 22.8 Å². The van der Waals surface area contributed by atoms with Crippen LogP contribution in [0.25, 0.3) is 0 Å². The molecular formula is C19H34O2Si2. The van der Waals surface area contributed by atoms with Gasteiger partial charge in [-0.3, -0.25) is 4.79 Å². The average Bonchev–Trinajstić information content (AvgIpc) is 2.65. The van der Waals surface area contributed by atoms with E-state index in [2.05, 4.69) is 51.4 Å². The first-order chi connectivity index (χ1) is 10.6. The van der Waals surface area contributed by atoms with Crippen LogP contribution in [-0.2, 0) is 9.53 Å². The Bertz CT molecular complexity index is 520. The van der Waals surface area contributed by atoms with E-state index in [4.69, 9.17) is 4.74 Å². The highest BCUT2D eigenvalue weighted by molar-refractivity contribution is 6.89. The fourth-order valence-electron chi connectivity index (χ4n) is 4.67. The molecule has 0 aliphatic heterocycles. The van der Waals surface area contributed by atoms with E-state index in [1.807, 2.05) is 12.1 Å². The topological polar surface area (TPSA) is 26.3 Å². The first-order valence-corrected chi connectivity index (χ1v) is 16.1. The monoisotopic (exact) mass is 350 g/mol. The van der Waals surface area contributed by atoms with Gasteiger partial charge in [0.2, 0.25) is 0 Å². The second-order valence-corrected chi connectivity index (χ2v) is 19.3. The van der Waals surface area contributed by atoms with Crippen molar-refractivity contribution in [3.05, 3.63) is 22.5 Å². The van der Waals surface area contributed by atoms with Crippen LogP contribution in [0.5, 0.6) is 0 Å². The summed E-state index contributed by atoms with van der Waals surface area (Å²) in [6, 6.07) is 0. The Kier molecular flexibility index (Phi) is 5.46. The summed E-state index contributed by atoms with van der Waals surface area (Å²) in [6.45, 7) is 17.3. The summed E-state index contributed by atoms with van der Waals surface area (Å²) < 4.78 is 5.25. The third-order valence-corrected chi connectivity index (χ3v) is 10.0. The quantitative estimate of drug-likeness (QED) is 0.387. The summed E-state index contributed by atoms with van der Waals surface area (Å²) in [5, 5.41) is 3.62. The van der Waals surface area contributed by atoms with E-state index in [1.165, 1.54) is 6.42 Å². The summed E-state index contributed by atoms with van der Waals surface area (Å²) in [5.41, 5.74) is 0. The molecule has 0 saturated heterocycles. The summed E-state index contributed by atoms with van der Waals surface area (Å²) in [4.78, 5) is 12.1. The molecule has 130 valence electrons. The van der Waals surface area contributed by atoms with Crippen LogP contribution in [0, 0.1) is 17.8 Å². The largest absolute Gasteiger partial charge is 0.466 e. The molecule has 2 bridgehead atoms. The van der Waals surface area contributed by atoms with Gasteiger partial charge in [0.25, 0.3) is 0 Å². The molecule has 2 rings (SSSR count). The van der Waals surface area contributed by atoms with E-state index in [-0.39, 0.29) is 5.97 Å². The first-order valence-electron chi connectivity index (χ1n) is 9.13. The smallest absolute Gasteiger partial charge is 0.306 e. The number of fused-ring (bicyclic) bond motifs is 2. The lowest BCUT2D eigenvalue weighted by molar-refractivity contribution is -0.144. The lowest BCUT2D eigenvalue weighted by Gasteiger charge is -2.34. The van der Waals surface area contributed by atoms with Crippen LogP contribution >= 0.6 is 0 Å². The van der Waals surface area contributed by atoms with Crippen LogP contribution in [0.15, 0.2) is 22.5 Å². The van der Waals surface area contributed by atoms with Gasteiger partial charge in [-0.05, 0) is 37.5 Å². The Morgan fingerprint density at radius 3 is 2.26 bits per heavy atom. The van der Waals surface area contributed by atoms with Crippen molar-refractivity contribution in [2.24, 2.45) is 17.8 Å². The molecule has 0 unspecified atom stereocenters. The van der Waals surface area contributed by atoms with Gasteiger partial charge in [0, 0.05) is 6.42 Å². The molecule has 2 aliphatic carbocycles. The normalized spacial score (nSPS) is 28.0. The van der Waals surface area contributed by atoms with E-state index in [0.717, 1.165) is 6.42 Å². The van der Waals surface area contributed by atoms with Crippen molar-refractivity contribution in [3.8, 4) is 0 Å². The Morgan fingerprint density at radius 2 is 1.74 bits per heavy atom. The molecule has 23 heavy (non-hydrogen) atoms. The molecule has 2 aliphatic rings. The molecule has 0 aromatic carbocycles. The Hall–Kier alpha value is -0.616. The molecule has 0 heterocycles. The third-order valence-electron chi connectivity index (χ3n) is 5.27. The van der Waals surface area contributed by atoms with E-state index in [1.54, 1.807) is 5.20 Å². The molecule has 0 fully saturated rings. The molecule has 0 spiro atoms. The maximum atomic E-state index is 12.1. The predicted molar refractivity (Wildman–Crippen MR) is 104 cm³/mol. The maximum absolute atomic E-state index is 12.1. The summed E-state index contributed by atoms with van der Waals surface area (Å²) in [7, 11) is -2.73. The summed E-state index contributed by atoms with van der Waals surface area (Å²) >= 11 is 0. The second kappa shape index (κ2) is 6.71.